The zero-order chi connectivity index (χ0) is 14.5. The highest BCUT2D eigenvalue weighted by Gasteiger charge is 2.59. The highest BCUT2D eigenvalue weighted by molar-refractivity contribution is 7.09. The van der Waals surface area contributed by atoms with E-state index in [1.807, 2.05) is 0 Å². The van der Waals surface area contributed by atoms with Crippen LogP contribution in [0, 0.1) is 17.3 Å². The van der Waals surface area contributed by atoms with Gasteiger partial charge in [0.2, 0.25) is 5.91 Å². The van der Waals surface area contributed by atoms with Gasteiger partial charge in [-0.25, -0.2) is 0 Å². The maximum absolute atomic E-state index is 12.8. The lowest BCUT2D eigenvalue weighted by Gasteiger charge is -2.59. The Morgan fingerprint density at radius 2 is 2.10 bits per heavy atom. The number of hydrogen-bond acceptors (Lipinski definition) is 2. The van der Waals surface area contributed by atoms with E-state index in [0.29, 0.717) is 11.8 Å². The molecule has 0 saturated heterocycles. The van der Waals surface area contributed by atoms with Crippen molar-refractivity contribution in [1.29, 1.82) is 0 Å². The summed E-state index contributed by atoms with van der Waals surface area (Å²) in [5.74, 6) is 1.65. The summed E-state index contributed by atoms with van der Waals surface area (Å²) < 4.78 is 0. The fourth-order valence-electron chi connectivity index (χ4n) is 5.36. The molecule has 4 saturated carbocycles. The van der Waals surface area contributed by atoms with Crippen LogP contribution in [0.3, 0.4) is 0 Å². The smallest absolute Gasteiger partial charge is 0.226 e. The van der Waals surface area contributed by atoms with E-state index in [1.165, 1.54) is 11.3 Å². The maximum atomic E-state index is 12.8. The Kier molecular flexibility index (Phi) is 3.34. The molecule has 4 aliphatic carbocycles. The first-order valence-electron chi connectivity index (χ1n) is 8.07. The van der Waals surface area contributed by atoms with Crippen molar-refractivity contribution in [2.75, 3.05) is 6.54 Å². The van der Waals surface area contributed by atoms with Gasteiger partial charge in [-0.3, -0.25) is 4.79 Å². The van der Waals surface area contributed by atoms with Gasteiger partial charge in [0.1, 0.15) is 0 Å². The summed E-state index contributed by atoms with van der Waals surface area (Å²) in [7, 11) is 0. The SMILES string of the molecule is O=C(NCCc1cccs1)C12C[C@H]3C[C@@H](CC(Cl)(C3)C1)C2. The average molecular weight is 324 g/mol. The molecule has 1 aromatic heterocycles. The van der Waals surface area contributed by atoms with Crippen molar-refractivity contribution in [2.45, 2.75) is 49.8 Å². The molecule has 114 valence electrons. The van der Waals surface area contributed by atoms with E-state index in [9.17, 15) is 4.79 Å². The molecular weight excluding hydrogens is 302 g/mol. The second-order valence-corrected chi connectivity index (χ2v) is 9.31. The molecular formula is C17H22ClNOS. The molecule has 4 aliphatic rings. The summed E-state index contributed by atoms with van der Waals surface area (Å²) in [5.41, 5.74) is -0.152. The number of alkyl halides is 1. The predicted molar refractivity (Wildman–Crippen MR) is 86.7 cm³/mol. The molecule has 2 nitrogen and oxygen atoms in total. The van der Waals surface area contributed by atoms with Crippen molar-refractivity contribution in [3.05, 3.63) is 22.4 Å². The summed E-state index contributed by atoms with van der Waals surface area (Å²) in [4.78, 5) is 14.1. The van der Waals surface area contributed by atoms with Crippen molar-refractivity contribution in [3.8, 4) is 0 Å². The number of carbonyl (C=O) groups is 1. The molecule has 0 radical (unpaired) electrons. The molecule has 5 rings (SSSR count). The van der Waals surface area contributed by atoms with Crippen molar-refractivity contribution < 1.29 is 4.79 Å². The topological polar surface area (TPSA) is 29.1 Å². The minimum absolute atomic E-state index is 0.0742. The Labute approximate surface area is 135 Å². The summed E-state index contributed by atoms with van der Waals surface area (Å²) in [6, 6.07) is 4.20. The standard InChI is InChI=1S/C17H22ClNOS/c18-17-9-12-6-13(10-17)8-16(7-12,11-17)15(20)19-4-3-14-2-1-5-21-14/h1-2,5,12-13H,3-4,6-11H2,(H,19,20)/t12-,13-,16?,17?/m1/s1. The van der Waals surface area contributed by atoms with Crippen LogP contribution in [-0.2, 0) is 11.2 Å². The van der Waals surface area contributed by atoms with Gasteiger partial charge in [0, 0.05) is 16.3 Å². The Bertz CT molecular complexity index is 527. The van der Waals surface area contributed by atoms with Crippen LogP contribution in [0.2, 0.25) is 0 Å². The number of amides is 1. The summed E-state index contributed by atoms with van der Waals surface area (Å²) >= 11 is 8.56. The van der Waals surface area contributed by atoms with Crippen LogP contribution < -0.4 is 5.32 Å². The Hall–Kier alpha value is -0.540. The maximum Gasteiger partial charge on any atom is 0.226 e. The van der Waals surface area contributed by atoms with E-state index >= 15 is 0 Å². The van der Waals surface area contributed by atoms with E-state index in [2.05, 4.69) is 22.8 Å². The number of thiophene rings is 1. The van der Waals surface area contributed by atoms with Gasteiger partial charge in [0.15, 0.2) is 0 Å². The number of hydrogen-bond donors (Lipinski definition) is 1. The lowest BCUT2D eigenvalue weighted by Crippen LogP contribution is -2.58. The average Bonchev–Trinajstić information content (AvgIpc) is 2.88. The van der Waals surface area contributed by atoms with Gasteiger partial charge in [-0.05, 0) is 68.2 Å². The largest absolute Gasteiger partial charge is 0.355 e. The molecule has 1 amide bonds. The van der Waals surface area contributed by atoms with Crippen LogP contribution in [0.1, 0.15) is 43.4 Å². The van der Waals surface area contributed by atoms with E-state index in [0.717, 1.165) is 45.1 Å². The number of halogens is 1. The van der Waals surface area contributed by atoms with Crippen molar-refractivity contribution >= 4 is 28.8 Å². The van der Waals surface area contributed by atoms with Crippen LogP contribution in [0.4, 0.5) is 0 Å². The molecule has 2 atom stereocenters. The lowest BCUT2D eigenvalue weighted by molar-refractivity contribution is -0.144. The number of rotatable bonds is 4. The zero-order valence-electron chi connectivity index (χ0n) is 12.2. The van der Waals surface area contributed by atoms with Crippen LogP contribution >= 0.6 is 22.9 Å². The third kappa shape index (κ3) is 2.53. The quantitative estimate of drug-likeness (QED) is 0.834. The Morgan fingerprint density at radius 1 is 1.33 bits per heavy atom. The van der Waals surface area contributed by atoms with Gasteiger partial charge in [-0.2, -0.15) is 0 Å². The lowest BCUT2D eigenvalue weighted by atomic mass is 9.49. The highest BCUT2D eigenvalue weighted by atomic mass is 35.5. The third-order valence-electron chi connectivity index (χ3n) is 5.71. The van der Waals surface area contributed by atoms with Gasteiger partial charge in [0.05, 0.1) is 5.41 Å². The molecule has 21 heavy (non-hydrogen) atoms. The molecule has 4 bridgehead atoms. The number of carbonyl (C=O) groups excluding carboxylic acids is 1. The summed E-state index contributed by atoms with van der Waals surface area (Å²) in [5, 5.41) is 5.30. The van der Waals surface area contributed by atoms with Gasteiger partial charge < -0.3 is 5.32 Å². The van der Waals surface area contributed by atoms with E-state index in [1.54, 1.807) is 11.3 Å². The zero-order valence-corrected chi connectivity index (χ0v) is 13.8. The predicted octanol–water partition coefficient (Wildman–Crippen LogP) is 3.98. The van der Waals surface area contributed by atoms with Gasteiger partial charge in [0.25, 0.3) is 0 Å². The second kappa shape index (κ2) is 4.99. The molecule has 4 heteroatoms. The van der Waals surface area contributed by atoms with Gasteiger partial charge in [-0.1, -0.05) is 6.07 Å². The van der Waals surface area contributed by atoms with Crippen LogP contribution in [0.5, 0.6) is 0 Å². The first-order valence-corrected chi connectivity index (χ1v) is 9.32. The monoisotopic (exact) mass is 323 g/mol. The van der Waals surface area contributed by atoms with Crippen LogP contribution in [-0.4, -0.2) is 17.3 Å². The Balaban J connectivity index is 1.42. The Morgan fingerprint density at radius 3 is 2.71 bits per heavy atom. The van der Waals surface area contributed by atoms with Gasteiger partial charge in [-0.15, -0.1) is 22.9 Å². The van der Waals surface area contributed by atoms with Crippen molar-refractivity contribution in [1.82, 2.24) is 5.32 Å². The number of nitrogens with one attached hydrogen (secondary N) is 1. The molecule has 1 heterocycles. The van der Waals surface area contributed by atoms with E-state index < -0.39 is 0 Å². The fraction of sp³-hybridized carbons (Fsp3) is 0.706. The van der Waals surface area contributed by atoms with E-state index in [4.69, 9.17) is 11.6 Å². The first-order chi connectivity index (χ1) is 10.1. The van der Waals surface area contributed by atoms with Crippen molar-refractivity contribution in [2.24, 2.45) is 17.3 Å². The molecule has 0 spiro atoms. The minimum Gasteiger partial charge on any atom is -0.355 e. The fourth-order valence-corrected chi connectivity index (χ4v) is 6.76. The molecule has 4 fully saturated rings. The molecule has 0 aromatic carbocycles. The highest BCUT2D eigenvalue weighted by Crippen LogP contribution is 2.63. The van der Waals surface area contributed by atoms with Crippen molar-refractivity contribution in [3.63, 3.8) is 0 Å². The van der Waals surface area contributed by atoms with Crippen LogP contribution in [0.25, 0.3) is 0 Å². The molecule has 1 aromatic rings. The third-order valence-corrected chi connectivity index (χ3v) is 7.09. The summed E-state index contributed by atoms with van der Waals surface area (Å²) in [6.07, 6.45) is 7.56. The second-order valence-electron chi connectivity index (χ2n) is 7.48. The van der Waals surface area contributed by atoms with Crippen LogP contribution in [0.15, 0.2) is 17.5 Å². The summed E-state index contributed by atoms with van der Waals surface area (Å²) in [6.45, 7) is 0.756. The normalized spacial score (nSPS) is 40.4. The molecule has 0 aliphatic heterocycles. The molecule has 0 unspecified atom stereocenters. The minimum atomic E-state index is -0.152. The first kappa shape index (κ1) is 14.1. The molecule has 1 N–H and O–H groups in total. The van der Waals surface area contributed by atoms with E-state index in [-0.39, 0.29) is 16.2 Å². The van der Waals surface area contributed by atoms with Gasteiger partial charge >= 0.3 is 0 Å².